The third kappa shape index (κ3) is 6.01. The van der Waals surface area contributed by atoms with Gasteiger partial charge in [0.2, 0.25) is 11.8 Å². The van der Waals surface area contributed by atoms with E-state index < -0.39 is 0 Å². The molecule has 0 aliphatic rings. The highest BCUT2D eigenvalue weighted by Gasteiger charge is 2.25. The summed E-state index contributed by atoms with van der Waals surface area (Å²) in [5.41, 5.74) is 1.03. The number of hydrogen-bond acceptors (Lipinski definition) is 3. The van der Waals surface area contributed by atoms with Crippen molar-refractivity contribution in [2.45, 2.75) is 65.6 Å². The molecule has 2 heterocycles. The molecule has 6 heteroatoms. The van der Waals surface area contributed by atoms with Crippen molar-refractivity contribution in [3.8, 4) is 0 Å². The van der Waals surface area contributed by atoms with Crippen LogP contribution in [0.15, 0.2) is 41.1 Å². The van der Waals surface area contributed by atoms with Crippen LogP contribution in [0.1, 0.15) is 57.9 Å². The van der Waals surface area contributed by atoms with Crippen LogP contribution in [-0.2, 0) is 29.7 Å². The molecule has 28 heavy (non-hydrogen) atoms. The summed E-state index contributed by atoms with van der Waals surface area (Å²) < 4.78 is 7.46. The average molecular weight is 388 g/mol. The average Bonchev–Trinajstić information content (AvgIpc) is 3.34. The van der Waals surface area contributed by atoms with Crippen molar-refractivity contribution in [2.75, 3.05) is 6.54 Å². The standard InChI is InChI=1S/C22H33N3O3/c1-5-7-12-21(26)25(18(3)6-2)17-22(27)24(16-20-11-9-14-28-20)15-19-10-8-13-23(19)4/h8-11,13-14,18H,5-7,12,15-17H2,1-4H3/t18-/m1/s1. The van der Waals surface area contributed by atoms with Gasteiger partial charge in [-0.1, -0.05) is 20.3 Å². The van der Waals surface area contributed by atoms with E-state index in [0.717, 1.165) is 30.7 Å². The van der Waals surface area contributed by atoms with Gasteiger partial charge in [0.25, 0.3) is 0 Å². The molecular formula is C22H33N3O3. The van der Waals surface area contributed by atoms with Crippen molar-refractivity contribution in [2.24, 2.45) is 7.05 Å². The number of aryl methyl sites for hydroxylation is 1. The molecule has 0 saturated heterocycles. The number of nitrogens with zero attached hydrogens (tertiary/aromatic N) is 3. The number of carbonyl (C=O) groups excluding carboxylic acids is 2. The minimum Gasteiger partial charge on any atom is -0.467 e. The number of amides is 2. The maximum absolute atomic E-state index is 13.2. The topological polar surface area (TPSA) is 58.7 Å². The summed E-state index contributed by atoms with van der Waals surface area (Å²) >= 11 is 0. The molecule has 0 saturated carbocycles. The van der Waals surface area contributed by atoms with Gasteiger partial charge in [0.05, 0.1) is 19.4 Å². The number of rotatable bonds is 11. The zero-order valence-electron chi connectivity index (χ0n) is 17.6. The minimum atomic E-state index is -0.0669. The van der Waals surface area contributed by atoms with Gasteiger partial charge < -0.3 is 18.8 Å². The summed E-state index contributed by atoms with van der Waals surface area (Å²) in [5, 5.41) is 0. The monoisotopic (exact) mass is 387 g/mol. The third-order valence-electron chi connectivity index (χ3n) is 5.18. The maximum Gasteiger partial charge on any atom is 0.242 e. The van der Waals surface area contributed by atoms with Crippen LogP contribution in [0.4, 0.5) is 0 Å². The Hall–Kier alpha value is -2.50. The molecule has 0 fully saturated rings. The first-order valence-electron chi connectivity index (χ1n) is 10.2. The molecule has 0 bridgehead atoms. The minimum absolute atomic E-state index is 0.0359. The van der Waals surface area contributed by atoms with Crippen LogP contribution in [0.5, 0.6) is 0 Å². The molecule has 0 aromatic carbocycles. The van der Waals surface area contributed by atoms with Crippen LogP contribution < -0.4 is 0 Å². The second kappa shape index (κ2) is 10.7. The summed E-state index contributed by atoms with van der Waals surface area (Å²) in [6, 6.07) is 7.68. The Morgan fingerprint density at radius 1 is 1.14 bits per heavy atom. The van der Waals surface area contributed by atoms with Crippen molar-refractivity contribution in [3.63, 3.8) is 0 Å². The first-order chi connectivity index (χ1) is 13.5. The molecule has 2 aromatic heterocycles. The molecular weight excluding hydrogens is 354 g/mol. The maximum atomic E-state index is 13.2. The lowest BCUT2D eigenvalue weighted by molar-refractivity contribution is -0.143. The van der Waals surface area contributed by atoms with Crippen LogP contribution >= 0.6 is 0 Å². The zero-order valence-corrected chi connectivity index (χ0v) is 17.6. The number of hydrogen-bond donors (Lipinski definition) is 0. The Bertz CT molecular complexity index is 736. The number of furan rings is 1. The summed E-state index contributed by atoms with van der Waals surface area (Å²) in [6.45, 7) is 7.07. The van der Waals surface area contributed by atoms with Gasteiger partial charge in [0.1, 0.15) is 12.3 Å². The molecule has 0 aliphatic heterocycles. The number of aromatic nitrogens is 1. The molecule has 0 radical (unpaired) electrons. The zero-order chi connectivity index (χ0) is 20.5. The molecule has 1 atom stereocenters. The van der Waals surface area contributed by atoms with E-state index in [4.69, 9.17) is 4.42 Å². The van der Waals surface area contributed by atoms with E-state index in [2.05, 4.69) is 6.92 Å². The Morgan fingerprint density at radius 2 is 1.93 bits per heavy atom. The summed E-state index contributed by atoms with van der Waals surface area (Å²) in [7, 11) is 1.96. The smallest absolute Gasteiger partial charge is 0.242 e. The van der Waals surface area contributed by atoms with Gasteiger partial charge in [-0.25, -0.2) is 0 Å². The van der Waals surface area contributed by atoms with E-state index in [-0.39, 0.29) is 24.4 Å². The van der Waals surface area contributed by atoms with Crippen molar-refractivity contribution >= 4 is 11.8 Å². The molecule has 2 aromatic rings. The van der Waals surface area contributed by atoms with Gasteiger partial charge in [0, 0.05) is 31.4 Å². The van der Waals surface area contributed by atoms with Crippen LogP contribution in [-0.4, -0.2) is 38.8 Å². The largest absolute Gasteiger partial charge is 0.467 e. The van der Waals surface area contributed by atoms with Crippen molar-refractivity contribution in [3.05, 3.63) is 48.2 Å². The Balaban J connectivity index is 2.16. The quantitative estimate of drug-likeness (QED) is 0.586. The fourth-order valence-electron chi connectivity index (χ4n) is 3.11. The van der Waals surface area contributed by atoms with Crippen molar-refractivity contribution < 1.29 is 14.0 Å². The van der Waals surface area contributed by atoms with Crippen molar-refractivity contribution in [1.82, 2.24) is 14.4 Å². The molecule has 6 nitrogen and oxygen atoms in total. The lowest BCUT2D eigenvalue weighted by Gasteiger charge is -2.31. The summed E-state index contributed by atoms with van der Waals surface area (Å²) in [4.78, 5) is 29.4. The van der Waals surface area contributed by atoms with E-state index in [0.29, 0.717) is 19.5 Å². The summed E-state index contributed by atoms with van der Waals surface area (Å²) in [6.07, 6.45) is 6.70. The molecule has 154 valence electrons. The van der Waals surface area contributed by atoms with E-state index in [1.807, 2.05) is 55.9 Å². The van der Waals surface area contributed by atoms with Crippen molar-refractivity contribution in [1.29, 1.82) is 0 Å². The Labute approximate surface area is 168 Å². The predicted molar refractivity (Wildman–Crippen MR) is 109 cm³/mol. The predicted octanol–water partition coefficient (Wildman–Crippen LogP) is 3.96. The van der Waals surface area contributed by atoms with Gasteiger partial charge in [-0.15, -0.1) is 0 Å². The highest BCUT2D eigenvalue weighted by Crippen LogP contribution is 2.14. The van der Waals surface area contributed by atoms with E-state index >= 15 is 0 Å². The first-order valence-corrected chi connectivity index (χ1v) is 10.2. The van der Waals surface area contributed by atoms with E-state index in [1.54, 1.807) is 16.1 Å². The SMILES string of the molecule is CCCCC(=O)N(CC(=O)N(Cc1ccco1)Cc1cccn1C)[C@H](C)CC. The molecule has 0 unspecified atom stereocenters. The molecule has 0 N–H and O–H groups in total. The van der Waals surface area contributed by atoms with Gasteiger partial charge in [-0.3, -0.25) is 9.59 Å². The van der Waals surface area contributed by atoms with E-state index in [1.165, 1.54) is 0 Å². The summed E-state index contributed by atoms with van der Waals surface area (Å²) in [5.74, 6) is 0.721. The lowest BCUT2D eigenvalue weighted by atomic mass is 10.1. The molecule has 0 aliphatic carbocycles. The molecule has 2 amide bonds. The van der Waals surface area contributed by atoms with Crippen LogP contribution in [0.25, 0.3) is 0 Å². The van der Waals surface area contributed by atoms with Crippen LogP contribution in [0.3, 0.4) is 0 Å². The van der Waals surface area contributed by atoms with Crippen LogP contribution in [0, 0.1) is 0 Å². The third-order valence-corrected chi connectivity index (χ3v) is 5.18. The molecule has 2 rings (SSSR count). The van der Waals surface area contributed by atoms with Gasteiger partial charge in [0.15, 0.2) is 0 Å². The number of carbonyl (C=O) groups is 2. The van der Waals surface area contributed by atoms with E-state index in [9.17, 15) is 9.59 Å². The highest BCUT2D eigenvalue weighted by atomic mass is 16.3. The normalized spacial score (nSPS) is 12.0. The number of unbranched alkanes of at least 4 members (excludes halogenated alkanes) is 1. The van der Waals surface area contributed by atoms with Gasteiger partial charge >= 0.3 is 0 Å². The van der Waals surface area contributed by atoms with Gasteiger partial charge in [-0.2, -0.15) is 0 Å². The Morgan fingerprint density at radius 3 is 2.50 bits per heavy atom. The fourth-order valence-corrected chi connectivity index (χ4v) is 3.11. The lowest BCUT2D eigenvalue weighted by Crippen LogP contribution is -2.46. The van der Waals surface area contributed by atoms with Crippen LogP contribution in [0.2, 0.25) is 0 Å². The molecule has 0 spiro atoms. The second-order valence-electron chi connectivity index (χ2n) is 7.32. The fraction of sp³-hybridized carbons (Fsp3) is 0.545. The second-order valence-corrected chi connectivity index (χ2v) is 7.32. The van der Waals surface area contributed by atoms with Gasteiger partial charge in [-0.05, 0) is 44.0 Å². The highest BCUT2D eigenvalue weighted by molar-refractivity contribution is 5.85. The first kappa shape index (κ1) is 21.8. The Kier molecular flexibility index (Phi) is 8.36.